The van der Waals surface area contributed by atoms with Crippen LogP contribution in [0.2, 0.25) is 0 Å². The predicted molar refractivity (Wildman–Crippen MR) is 115 cm³/mol. The van der Waals surface area contributed by atoms with Crippen molar-refractivity contribution >= 4 is 35.0 Å². The highest BCUT2D eigenvalue weighted by Crippen LogP contribution is 2.29. The van der Waals surface area contributed by atoms with Crippen LogP contribution in [0.3, 0.4) is 0 Å². The van der Waals surface area contributed by atoms with Crippen molar-refractivity contribution in [1.82, 2.24) is 5.32 Å². The van der Waals surface area contributed by atoms with Crippen LogP contribution in [0.1, 0.15) is 36.8 Å². The van der Waals surface area contributed by atoms with Crippen molar-refractivity contribution in [3.63, 3.8) is 0 Å². The molecule has 0 unspecified atom stereocenters. The fourth-order valence-corrected chi connectivity index (χ4v) is 4.55. The van der Waals surface area contributed by atoms with E-state index in [2.05, 4.69) is 5.32 Å². The van der Waals surface area contributed by atoms with Crippen LogP contribution in [0.5, 0.6) is 0 Å². The molecule has 1 N–H and O–H groups in total. The first kappa shape index (κ1) is 20.1. The van der Waals surface area contributed by atoms with Gasteiger partial charge in [-0.05, 0) is 30.0 Å². The second kappa shape index (κ2) is 10.1. The molecule has 0 saturated heterocycles. The number of amides is 1. The number of carbonyl (C=O) groups excluding carboxylic acids is 1. The van der Waals surface area contributed by atoms with Gasteiger partial charge < -0.3 is 5.32 Å². The SMILES string of the molecule is O=C(NCCSC1CCCC1)/C(=C/c1cccc([N+](=O)[O-])c1)c1ccccc1. The number of nitro benzene ring substituents is 1. The van der Waals surface area contributed by atoms with Crippen molar-refractivity contribution in [3.8, 4) is 0 Å². The molecule has 0 aromatic heterocycles. The number of nitro groups is 1. The molecule has 0 aliphatic heterocycles. The van der Waals surface area contributed by atoms with E-state index in [1.807, 2.05) is 42.1 Å². The van der Waals surface area contributed by atoms with Crippen LogP contribution >= 0.6 is 11.8 Å². The Morgan fingerprint density at radius 2 is 1.89 bits per heavy atom. The normalized spacial score (nSPS) is 14.8. The van der Waals surface area contributed by atoms with Crippen molar-refractivity contribution in [2.45, 2.75) is 30.9 Å². The Labute approximate surface area is 169 Å². The molecule has 5 nitrogen and oxygen atoms in total. The second-order valence-corrected chi connectivity index (χ2v) is 8.22. The quantitative estimate of drug-likeness (QED) is 0.226. The number of benzene rings is 2. The Morgan fingerprint density at radius 3 is 2.61 bits per heavy atom. The van der Waals surface area contributed by atoms with Gasteiger partial charge in [-0.2, -0.15) is 11.8 Å². The number of carbonyl (C=O) groups is 1. The van der Waals surface area contributed by atoms with Gasteiger partial charge in [0, 0.05) is 35.3 Å². The van der Waals surface area contributed by atoms with E-state index in [0.29, 0.717) is 17.7 Å². The van der Waals surface area contributed by atoms with Gasteiger partial charge in [0.2, 0.25) is 0 Å². The smallest absolute Gasteiger partial charge is 0.270 e. The van der Waals surface area contributed by atoms with Crippen LogP contribution in [0, 0.1) is 10.1 Å². The molecular weight excluding hydrogens is 372 g/mol. The van der Waals surface area contributed by atoms with Crippen LogP contribution in [0.15, 0.2) is 54.6 Å². The minimum Gasteiger partial charge on any atom is -0.351 e. The van der Waals surface area contributed by atoms with E-state index >= 15 is 0 Å². The summed E-state index contributed by atoms with van der Waals surface area (Å²) in [6.07, 6.45) is 6.89. The van der Waals surface area contributed by atoms with E-state index in [0.717, 1.165) is 16.6 Å². The lowest BCUT2D eigenvalue weighted by Crippen LogP contribution is -2.27. The number of hydrogen-bond acceptors (Lipinski definition) is 4. The van der Waals surface area contributed by atoms with Crippen molar-refractivity contribution in [2.75, 3.05) is 12.3 Å². The molecule has 0 atom stereocenters. The lowest BCUT2D eigenvalue weighted by atomic mass is 10.0. The van der Waals surface area contributed by atoms with E-state index < -0.39 is 4.92 Å². The summed E-state index contributed by atoms with van der Waals surface area (Å²) in [4.78, 5) is 23.4. The molecule has 3 rings (SSSR count). The summed E-state index contributed by atoms with van der Waals surface area (Å²) >= 11 is 1.93. The summed E-state index contributed by atoms with van der Waals surface area (Å²) in [7, 11) is 0. The molecule has 1 fully saturated rings. The van der Waals surface area contributed by atoms with E-state index in [-0.39, 0.29) is 11.6 Å². The Bertz CT molecular complexity index is 846. The molecule has 2 aromatic rings. The van der Waals surface area contributed by atoms with Gasteiger partial charge in [-0.1, -0.05) is 55.3 Å². The van der Waals surface area contributed by atoms with Gasteiger partial charge in [-0.15, -0.1) is 0 Å². The Morgan fingerprint density at radius 1 is 1.14 bits per heavy atom. The molecular formula is C22H24N2O3S. The van der Waals surface area contributed by atoms with Gasteiger partial charge in [0.1, 0.15) is 0 Å². The Kier molecular flexibility index (Phi) is 7.25. The summed E-state index contributed by atoms with van der Waals surface area (Å²) in [5.41, 5.74) is 1.93. The van der Waals surface area contributed by atoms with Crippen molar-refractivity contribution in [3.05, 3.63) is 75.8 Å². The van der Waals surface area contributed by atoms with Gasteiger partial charge in [0.25, 0.3) is 11.6 Å². The number of nitrogens with zero attached hydrogens (tertiary/aromatic N) is 1. The number of thioether (sulfide) groups is 1. The molecule has 28 heavy (non-hydrogen) atoms. The van der Waals surface area contributed by atoms with Gasteiger partial charge in [0.15, 0.2) is 0 Å². The van der Waals surface area contributed by atoms with Crippen molar-refractivity contribution in [1.29, 1.82) is 0 Å². The van der Waals surface area contributed by atoms with Crippen LogP contribution in [0.25, 0.3) is 11.6 Å². The maximum atomic E-state index is 12.8. The third-order valence-corrected chi connectivity index (χ3v) is 6.15. The highest BCUT2D eigenvalue weighted by atomic mass is 32.2. The van der Waals surface area contributed by atoms with E-state index in [1.165, 1.54) is 37.8 Å². The predicted octanol–water partition coefficient (Wildman–Crippen LogP) is 4.93. The highest BCUT2D eigenvalue weighted by Gasteiger charge is 2.16. The lowest BCUT2D eigenvalue weighted by molar-refractivity contribution is -0.384. The molecule has 1 saturated carbocycles. The first-order valence-electron chi connectivity index (χ1n) is 9.55. The standard InChI is InChI=1S/C22H24N2O3S/c25-22(23-13-14-28-20-11-4-5-12-20)21(18-8-2-1-3-9-18)16-17-7-6-10-19(15-17)24(26)27/h1-3,6-10,15-16,20H,4-5,11-14H2,(H,23,25)/b21-16+. The molecule has 146 valence electrons. The molecule has 0 radical (unpaired) electrons. The van der Waals surface area contributed by atoms with Crippen LogP contribution in [-0.2, 0) is 4.79 Å². The molecule has 0 heterocycles. The number of non-ortho nitro benzene ring substituents is 1. The van der Waals surface area contributed by atoms with Crippen molar-refractivity contribution in [2.24, 2.45) is 0 Å². The monoisotopic (exact) mass is 396 g/mol. The minimum absolute atomic E-state index is 0.00883. The first-order valence-corrected chi connectivity index (χ1v) is 10.6. The molecule has 6 heteroatoms. The number of nitrogens with one attached hydrogen (secondary N) is 1. The topological polar surface area (TPSA) is 72.2 Å². The van der Waals surface area contributed by atoms with Crippen LogP contribution < -0.4 is 5.32 Å². The molecule has 0 bridgehead atoms. The number of rotatable bonds is 8. The zero-order valence-electron chi connectivity index (χ0n) is 15.7. The van der Waals surface area contributed by atoms with Crippen molar-refractivity contribution < 1.29 is 9.72 Å². The molecule has 1 amide bonds. The van der Waals surface area contributed by atoms with Crippen LogP contribution in [0.4, 0.5) is 5.69 Å². The molecule has 0 spiro atoms. The average molecular weight is 397 g/mol. The largest absolute Gasteiger partial charge is 0.351 e. The average Bonchev–Trinajstić information content (AvgIpc) is 3.23. The fourth-order valence-electron chi connectivity index (χ4n) is 3.33. The summed E-state index contributed by atoms with van der Waals surface area (Å²) in [5, 5.41) is 14.8. The zero-order valence-corrected chi connectivity index (χ0v) is 16.5. The molecule has 1 aliphatic rings. The maximum Gasteiger partial charge on any atom is 0.270 e. The summed E-state index contributed by atoms with van der Waals surface area (Å²) in [6, 6.07) is 15.7. The van der Waals surface area contributed by atoms with E-state index in [1.54, 1.807) is 18.2 Å². The molecule has 1 aliphatic carbocycles. The fraction of sp³-hybridized carbons (Fsp3) is 0.318. The van der Waals surface area contributed by atoms with Gasteiger partial charge >= 0.3 is 0 Å². The van der Waals surface area contributed by atoms with E-state index in [4.69, 9.17) is 0 Å². The summed E-state index contributed by atoms with van der Waals surface area (Å²) in [5.74, 6) is 0.736. The van der Waals surface area contributed by atoms with Gasteiger partial charge in [0.05, 0.1) is 4.92 Å². The Hall–Kier alpha value is -2.60. The van der Waals surface area contributed by atoms with Crippen LogP contribution in [-0.4, -0.2) is 28.4 Å². The van der Waals surface area contributed by atoms with Gasteiger partial charge in [-0.25, -0.2) is 0 Å². The third-order valence-electron chi connectivity index (χ3n) is 4.76. The number of hydrogen-bond donors (Lipinski definition) is 1. The van der Waals surface area contributed by atoms with E-state index in [9.17, 15) is 14.9 Å². The second-order valence-electron chi connectivity index (χ2n) is 6.81. The molecule has 2 aromatic carbocycles. The first-order chi connectivity index (χ1) is 13.6. The maximum absolute atomic E-state index is 12.8. The third kappa shape index (κ3) is 5.70. The minimum atomic E-state index is -0.431. The lowest BCUT2D eigenvalue weighted by Gasteiger charge is -2.12. The van der Waals surface area contributed by atoms with Gasteiger partial charge in [-0.3, -0.25) is 14.9 Å². The summed E-state index contributed by atoms with van der Waals surface area (Å²) in [6.45, 7) is 0.610. The highest BCUT2D eigenvalue weighted by molar-refractivity contribution is 7.99. The zero-order chi connectivity index (χ0) is 19.8. The summed E-state index contributed by atoms with van der Waals surface area (Å²) < 4.78 is 0. The Balaban J connectivity index is 1.72.